The van der Waals surface area contributed by atoms with Crippen LogP contribution in [0.4, 0.5) is 10.8 Å². The number of thiazole rings is 1. The predicted molar refractivity (Wildman–Crippen MR) is 116 cm³/mol. The summed E-state index contributed by atoms with van der Waals surface area (Å²) in [7, 11) is 0. The van der Waals surface area contributed by atoms with E-state index in [2.05, 4.69) is 9.88 Å². The highest BCUT2D eigenvalue weighted by Gasteiger charge is 2.22. The molecule has 1 aromatic heterocycles. The van der Waals surface area contributed by atoms with Gasteiger partial charge in [-0.25, -0.2) is 4.98 Å². The van der Waals surface area contributed by atoms with E-state index < -0.39 is 4.92 Å². The third kappa shape index (κ3) is 4.38. The topological polar surface area (TPSA) is 79.6 Å². The molecule has 2 aromatic carbocycles. The number of nitrogens with zero attached hydrogens (tertiary/aromatic N) is 4. The quantitative estimate of drug-likeness (QED) is 0.353. The van der Waals surface area contributed by atoms with Gasteiger partial charge in [0.15, 0.2) is 5.13 Å². The molecule has 0 bridgehead atoms. The molecule has 0 N–H and O–H groups in total. The average molecular weight is 429 g/mol. The Labute approximate surface area is 176 Å². The first kappa shape index (κ1) is 19.4. The Kier molecular flexibility index (Phi) is 5.46. The molecule has 0 atom stereocenters. The summed E-state index contributed by atoms with van der Waals surface area (Å²) in [5.41, 5.74) is 1.70. The summed E-state index contributed by atoms with van der Waals surface area (Å²) in [5, 5.41) is 12.3. The zero-order valence-corrected chi connectivity index (χ0v) is 16.9. The molecule has 9 heteroatoms. The molecular weight excluding hydrogens is 412 g/mol. The van der Waals surface area contributed by atoms with Crippen molar-refractivity contribution >= 4 is 56.0 Å². The molecule has 7 nitrogen and oxygen atoms in total. The summed E-state index contributed by atoms with van der Waals surface area (Å²) in [6.07, 6.45) is 3.19. The van der Waals surface area contributed by atoms with Crippen LogP contribution in [-0.2, 0) is 4.79 Å². The zero-order valence-electron chi connectivity index (χ0n) is 15.3. The number of nitro benzene ring substituents is 1. The number of halogens is 1. The SMILES string of the molecule is O=C(/C=C\c1ccc([N+](=O)[O-])cc1)N1CCN(c2nc3ccc(Cl)cc3s2)CC1. The third-order valence-corrected chi connectivity index (χ3v) is 6.04. The van der Waals surface area contributed by atoms with Gasteiger partial charge < -0.3 is 9.80 Å². The Morgan fingerprint density at radius 2 is 1.86 bits per heavy atom. The van der Waals surface area contributed by atoms with Crippen molar-refractivity contribution in [2.45, 2.75) is 0 Å². The van der Waals surface area contributed by atoms with Gasteiger partial charge in [-0.3, -0.25) is 14.9 Å². The Hall–Kier alpha value is -2.97. The summed E-state index contributed by atoms with van der Waals surface area (Å²) in [4.78, 5) is 31.3. The lowest BCUT2D eigenvalue weighted by Gasteiger charge is -2.34. The van der Waals surface area contributed by atoms with Crippen molar-refractivity contribution in [1.29, 1.82) is 0 Å². The number of hydrogen-bond acceptors (Lipinski definition) is 6. The minimum Gasteiger partial charge on any atom is -0.345 e. The Morgan fingerprint density at radius 3 is 2.55 bits per heavy atom. The molecule has 1 amide bonds. The number of piperazine rings is 1. The van der Waals surface area contributed by atoms with E-state index in [4.69, 9.17) is 11.6 Å². The number of carbonyl (C=O) groups is 1. The second-order valence-corrected chi connectivity index (χ2v) is 8.05. The van der Waals surface area contributed by atoms with E-state index in [-0.39, 0.29) is 11.6 Å². The van der Waals surface area contributed by atoms with E-state index in [0.29, 0.717) is 31.2 Å². The highest BCUT2D eigenvalue weighted by molar-refractivity contribution is 7.22. The number of fused-ring (bicyclic) bond motifs is 1. The van der Waals surface area contributed by atoms with Crippen LogP contribution in [0.5, 0.6) is 0 Å². The van der Waals surface area contributed by atoms with Crippen molar-refractivity contribution in [3.63, 3.8) is 0 Å². The van der Waals surface area contributed by atoms with Gasteiger partial charge in [-0.05, 0) is 42.0 Å². The molecule has 1 fully saturated rings. The average Bonchev–Trinajstić information content (AvgIpc) is 3.15. The monoisotopic (exact) mass is 428 g/mol. The molecule has 1 aliphatic heterocycles. The van der Waals surface area contributed by atoms with Gasteiger partial charge in [0, 0.05) is 49.4 Å². The number of carbonyl (C=O) groups excluding carboxylic acids is 1. The van der Waals surface area contributed by atoms with Crippen LogP contribution in [-0.4, -0.2) is 46.9 Å². The van der Waals surface area contributed by atoms with Crippen LogP contribution in [0.3, 0.4) is 0 Å². The molecule has 2 heterocycles. The smallest absolute Gasteiger partial charge is 0.269 e. The maximum atomic E-state index is 12.5. The van der Waals surface area contributed by atoms with Gasteiger partial charge in [0.05, 0.1) is 15.1 Å². The Bertz CT molecular complexity index is 1090. The standard InChI is InChI=1S/C20H17ClN4O3S/c21-15-4-7-17-18(13-15)29-20(22-17)24-11-9-23(10-12-24)19(26)8-3-14-1-5-16(6-2-14)25(27)28/h1-8,13H,9-12H2/b8-3-. The van der Waals surface area contributed by atoms with Crippen molar-refractivity contribution < 1.29 is 9.72 Å². The fourth-order valence-electron chi connectivity index (χ4n) is 3.12. The van der Waals surface area contributed by atoms with E-state index in [1.54, 1.807) is 34.4 Å². The Morgan fingerprint density at radius 1 is 1.14 bits per heavy atom. The molecule has 0 saturated carbocycles. The predicted octanol–water partition coefficient (Wildman–Crippen LogP) is 4.22. The van der Waals surface area contributed by atoms with Crippen LogP contribution in [0, 0.1) is 10.1 Å². The van der Waals surface area contributed by atoms with Gasteiger partial charge in [-0.15, -0.1) is 0 Å². The summed E-state index contributed by atoms with van der Waals surface area (Å²) in [6.45, 7) is 2.65. The number of non-ortho nitro benzene ring substituents is 1. The number of benzene rings is 2. The van der Waals surface area contributed by atoms with Crippen LogP contribution in [0.15, 0.2) is 48.5 Å². The summed E-state index contributed by atoms with van der Waals surface area (Å²) in [6, 6.07) is 11.8. The minimum atomic E-state index is -0.446. The first-order valence-corrected chi connectivity index (χ1v) is 10.2. The van der Waals surface area contributed by atoms with Crippen molar-refractivity contribution in [3.8, 4) is 0 Å². The molecule has 1 saturated heterocycles. The van der Waals surface area contributed by atoms with Crippen LogP contribution in [0.1, 0.15) is 5.56 Å². The van der Waals surface area contributed by atoms with Gasteiger partial charge >= 0.3 is 0 Å². The highest BCUT2D eigenvalue weighted by Crippen LogP contribution is 2.31. The van der Waals surface area contributed by atoms with Crippen LogP contribution >= 0.6 is 22.9 Å². The molecule has 1 aliphatic rings. The number of rotatable bonds is 4. The fourth-order valence-corrected chi connectivity index (χ4v) is 4.41. The summed E-state index contributed by atoms with van der Waals surface area (Å²) < 4.78 is 1.05. The molecule has 0 unspecified atom stereocenters. The molecule has 0 spiro atoms. The van der Waals surface area contributed by atoms with E-state index in [1.807, 2.05) is 18.2 Å². The number of amides is 1. The van der Waals surface area contributed by atoms with E-state index in [0.717, 1.165) is 20.9 Å². The van der Waals surface area contributed by atoms with Gasteiger partial charge in [-0.2, -0.15) is 0 Å². The van der Waals surface area contributed by atoms with Gasteiger partial charge in [0.1, 0.15) is 0 Å². The van der Waals surface area contributed by atoms with Crippen LogP contribution < -0.4 is 4.90 Å². The van der Waals surface area contributed by atoms with Crippen molar-refractivity contribution in [2.24, 2.45) is 0 Å². The molecule has 0 radical (unpaired) electrons. The molecular formula is C20H17ClN4O3S. The summed E-state index contributed by atoms with van der Waals surface area (Å²) in [5.74, 6) is -0.0703. The van der Waals surface area contributed by atoms with Crippen molar-refractivity contribution in [1.82, 2.24) is 9.88 Å². The van der Waals surface area contributed by atoms with Crippen LogP contribution in [0.25, 0.3) is 16.3 Å². The molecule has 0 aliphatic carbocycles. The van der Waals surface area contributed by atoms with Crippen LogP contribution in [0.2, 0.25) is 5.02 Å². The number of nitro groups is 1. The lowest BCUT2D eigenvalue weighted by Crippen LogP contribution is -2.48. The molecule has 3 aromatic rings. The molecule has 29 heavy (non-hydrogen) atoms. The maximum Gasteiger partial charge on any atom is 0.269 e. The number of aromatic nitrogens is 1. The van der Waals surface area contributed by atoms with Gasteiger partial charge in [0.2, 0.25) is 5.91 Å². The fraction of sp³-hybridized carbons (Fsp3) is 0.200. The first-order chi connectivity index (χ1) is 14.0. The van der Waals surface area contributed by atoms with E-state index in [1.165, 1.54) is 18.2 Å². The Balaban J connectivity index is 1.35. The molecule has 4 rings (SSSR count). The van der Waals surface area contributed by atoms with Gasteiger partial charge in [0.25, 0.3) is 5.69 Å². The minimum absolute atomic E-state index is 0.0294. The lowest BCUT2D eigenvalue weighted by molar-refractivity contribution is -0.384. The largest absolute Gasteiger partial charge is 0.345 e. The lowest BCUT2D eigenvalue weighted by atomic mass is 10.2. The normalized spacial score (nSPS) is 14.7. The molecule has 148 valence electrons. The van der Waals surface area contributed by atoms with Crippen molar-refractivity contribution in [3.05, 3.63) is 69.2 Å². The number of hydrogen-bond donors (Lipinski definition) is 0. The van der Waals surface area contributed by atoms with E-state index >= 15 is 0 Å². The number of anilines is 1. The van der Waals surface area contributed by atoms with Crippen molar-refractivity contribution in [2.75, 3.05) is 31.1 Å². The first-order valence-electron chi connectivity index (χ1n) is 9.02. The van der Waals surface area contributed by atoms with Gasteiger partial charge in [-0.1, -0.05) is 22.9 Å². The van der Waals surface area contributed by atoms with E-state index in [9.17, 15) is 14.9 Å². The summed E-state index contributed by atoms with van der Waals surface area (Å²) >= 11 is 7.65. The second kappa shape index (κ2) is 8.18. The third-order valence-electron chi connectivity index (χ3n) is 4.72. The highest BCUT2D eigenvalue weighted by atomic mass is 35.5. The maximum absolute atomic E-state index is 12.5. The second-order valence-electron chi connectivity index (χ2n) is 6.60. The zero-order chi connectivity index (χ0) is 20.4.